The molecule has 90 valence electrons. The number of hydrogen-bond acceptors (Lipinski definition) is 2. The predicted octanol–water partition coefficient (Wildman–Crippen LogP) is 2.23. The van der Waals surface area contributed by atoms with Crippen LogP contribution in [0.1, 0.15) is 0 Å². The third kappa shape index (κ3) is 3.06. The Kier molecular flexibility index (Phi) is 3.69. The molecule has 16 heavy (non-hydrogen) atoms. The summed E-state index contributed by atoms with van der Waals surface area (Å²) in [4.78, 5) is 0. The van der Waals surface area contributed by atoms with Gasteiger partial charge in [0.2, 0.25) is 6.10 Å². The fourth-order valence-electron chi connectivity index (χ4n) is 0.969. The molecule has 1 aromatic rings. The van der Waals surface area contributed by atoms with Crippen molar-refractivity contribution in [1.29, 1.82) is 0 Å². The highest BCUT2D eigenvalue weighted by atomic mass is 19.4. The number of hydrogen-bond donors (Lipinski definition) is 1. The van der Waals surface area contributed by atoms with Gasteiger partial charge in [0.05, 0.1) is 0 Å². The van der Waals surface area contributed by atoms with Crippen LogP contribution in [0, 0.1) is 11.6 Å². The summed E-state index contributed by atoms with van der Waals surface area (Å²) in [7, 11) is 0. The molecule has 1 aromatic carbocycles. The first-order valence-electron chi connectivity index (χ1n) is 4.23. The van der Waals surface area contributed by atoms with Crippen LogP contribution < -0.4 is 10.5 Å². The van der Waals surface area contributed by atoms with Crippen molar-refractivity contribution in [2.24, 2.45) is 5.73 Å². The molecule has 0 aromatic heterocycles. The second-order valence-electron chi connectivity index (χ2n) is 2.96. The first-order valence-corrected chi connectivity index (χ1v) is 4.23. The Morgan fingerprint density at radius 1 is 1.25 bits per heavy atom. The van der Waals surface area contributed by atoms with Crippen LogP contribution in [0.4, 0.5) is 22.0 Å². The smallest absolute Gasteiger partial charge is 0.426 e. The molecule has 1 unspecified atom stereocenters. The molecule has 1 rings (SSSR count). The summed E-state index contributed by atoms with van der Waals surface area (Å²) >= 11 is 0. The van der Waals surface area contributed by atoms with Crippen molar-refractivity contribution in [2.45, 2.75) is 12.3 Å². The molecule has 0 spiro atoms. The minimum atomic E-state index is -4.73. The van der Waals surface area contributed by atoms with E-state index in [1.807, 2.05) is 0 Å². The van der Waals surface area contributed by atoms with Gasteiger partial charge in [0.1, 0.15) is 5.82 Å². The highest BCUT2D eigenvalue weighted by Gasteiger charge is 2.41. The van der Waals surface area contributed by atoms with Gasteiger partial charge in [-0.25, -0.2) is 8.78 Å². The molecular weight excluding hydrogens is 233 g/mol. The summed E-state index contributed by atoms with van der Waals surface area (Å²) in [5, 5.41) is 0. The van der Waals surface area contributed by atoms with E-state index in [0.717, 1.165) is 6.07 Å². The molecule has 0 fully saturated rings. The van der Waals surface area contributed by atoms with Crippen molar-refractivity contribution in [2.75, 3.05) is 6.54 Å². The molecule has 0 amide bonds. The highest BCUT2D eigenvalue weighted by Crippen LogP contribution is 2.26. The number of alkyl halides is 3. The van der Waals surface area contributed by atoms with Crippen LogP contribution in [-0.4, -0.2) is 18.8 Å². The Hall–Kier alpha value is -1.37. The lowest BCUT2D eigenvalue weighted by Gasteiger charge is -2.20. The minimum Gasteiger partial charge on any atom is -0.476 e. The Morgan fingerprint density at radius 3 is 2.38 bits per heavy atom. The SMILES string of the molecule is NCC(Oc1cc(F)ccc1F)C(F)(F)F. The minimum absolute atomic E-state index is 0.531. The second kappa shape index (κ2) is 4.65. The Balaban J connectivity index is 2.90. The molecule has 0 aliphatic heterocycles. The molecule has 0 saturated heterocycles. The lowest BCUT2D eigenvalue weighted by atomic mass is 10.3. The van der Waals surface area contributed by atoms with E-state index in [1.54, 1.807) is 0 Å². The number of rotatable bonds is 3. The van der Waals surface area contributed by atoms with Crippen LogP contribution in [-0.2, 0) is 0 Å². The molecule has 1 atom stereocenters. The van der Waals surface area contributed by atoms with E-state index in [-0.39, 0.29) is 0 Å². The van der Waals surface area contributed by atoms with E-state index in [4.69, 9.17) is 5.73 Å². The number of halogens is 5. The number of nitrogens with two attached hydrogens (primary N) is 1. The average Bonchev–Trinajstić information content (AvgIpc) is 2.17. The highest BCUT2D eigenvalue weighted by molar-refractivity contribution is 5.25. The van der Waals surface area contributed by atoms with Crippen molar-refractivity contribution in [3.63, 3.8) is 0 Å². The van der Waals surface area contributed by atoms with Crippen LogP contribution in [0.15, 0.2) is 18.2 Å². The standard InChI is InChI=1S/C9H8F5NO/c10-5-1-2-6(11)7(3-5)16-8(4-15)9(12,13)14/h1-3,8H,4,15H2. The Morgan fingerprint density at radius 2 is 1.88 bits per heavy atom. The van der Waals surface area contributed by atoms with E-state index in [2.05, 4.69) is 4.74 Å². The molecule has 2 nitrogen and oxygen atoms in total. The molecule has 0 heterocycles. The van der Waals surface area contributed by atoms with Gasteiger partial charge in [-0.2, -0.15) is 13.2 Å². The lowest BCUT2D eigenvalue weighted by Crippen LogP contribution is -2.40. The van der Waals surface area contributed by atoms with Gasteiger partial charge in [0.25, 0.3) is 0 Å². The monoisotopic (exact) mass is 241 g/mol. The van der Waals surface area contributed by atoms with Crippen LogP contribution in [0.2, 0.25) is 0 Å². The van der Waals surface area contributed by atoms with Crippen molar-refractivity contribution < 1.29 is 26.7 Å². The molecule has 0 aliphatic rings. The lowest BCUT2D eigenvalue weighted by molar-refractivity contribution is -0.192. The van der Waals surface area contributed by atoms with Gasteiger partial charge in [0.15, 0.2) is 11.6 Å². The van der Waals surface area contributed by atoms with Gasteiger partial charge in [-0.1, -0.05) is 0 Å². The fourth-order valence-corrected chi connectivity index (χ4v) is 0.969. The quantitative estimate of drug-likeness (QED) is 0.823. The molecular formula is C9H8F5NO. The largest absolute Gasteiger partial charge is 0.476 e. The van der Waals surface area contributed by atoms with Gasteiger partial charge < -0.3 is 10.5 Å². The third-order valence-corrected chi connectivity index (χ3v) is 1.74. The maximum Gasteiger partial charge on any atom is 0.426 e. The van der Waals surface area contributed by atoms with Crippen molar-refractivity contribution in [3.05, 3.63) is 29.8 Å². The summed E-state index contributed by atoms with van der Waals surface area (Å²) in [5.41, 5.74) is 4.83. The van der Waals surface area contributed by atoms with Crippen molar-refractivity contribution >= 4 is 0 Å². The zero-order valence-corrected chi connectivity index (χ0v) is 7.89. The van der Waals surface area contributed by atoms with Crippen LogP contribution in [0.3, 0.4) is 0 Å². The first-order chi connectivity index (χ1) is 7.34. The predicted molar refractivity (Wildman–Crippen MR) is 45.9 cm³/mol. The van der Waals surface area contributed by atoms with Crippen LogP contribution in [0.5, 0.6) is 5.75 Å². The number of benzene rings is 1. The second-order valence-corrected chi connectivity index (χ2v) is 2.96. The fraction of sp³-hybridized carbons (Fsp3) is 0.333. The maximum atomic E-state index is 13.0. The van der Waals surface area contributed by atoms with E-state index >= 15 is 0 Å². The van der Waals surface area contributed by atoms with Crippen LogP contribution >= 0.6 is 0 Å². The van der Waals surface area contributed by atoms with E-state index in [9.17, 15) is 22.0 Å². The van der Waals surface area contributed by atoms with Gasteiger partial charge in [0, 0.05) is 12.6 Å². The van der Waals surface area contributed by atoms with Gasteiger partial charge in [-0.05, 0) is 12.1 Å². The Bertz CT molecular complexity index is 365. The maximum absolute atomic E-state index is 13.0. The molecule has 0 saturated carbocycles. The molecule has 0 radical (unpaired) electrons. The normalized spacial score (nSPS) is 13.6. The van der Waals surface area contributed by atoms with E-state index in [0.29, 0.717) is 12.1 Å². The van der Waals surface area contributed by atoms with Gasteiger partial charge >= 0.3 is 6.18 Å². The van der Waals surface area contributed by atoms with E-state index < -0.39 is 36.2 Å². The number of ether oxygens (including phenoxy) is 1. The topological polar surface area (TPSA) is 35.2 Å². The van der Waals surface area contributed by atoms with Gasteiger partial charge in [-0.3, -0.25) is 0 Å². The summed E-state index contributed by atoms with van der Waals surface area (Å²) in [6, 6.07) is 1.98. The third-order valence-electron chi connectivity index (χ3n) is 1.74. The summed E-state index contributed by atoms with van der Waals surface area (Å²) in [5.74, 6) is -2.79. The van der Waals surface area contributed by atoms with Gasteiger partial charge in [-0.15, -0.1) is 0 Å². The first kappa shape index (κ1) is 12.7. The summed E-state index contributed by atoms with van der Waals surface area (Å²) in [6.45, 7) is -0.876. The van der Waals surface area contributed by atoms with Crippen molar-refractivity contribution in [1.82, 2.24) is 0 Å². The zero-order chi connectivity index (χ0) is 12.3. The summed E-state index contributed by atoms with van der Waals surface area (Å²) in [6.07, 6.45) is -7.09. The molecule has 0 bridgehead atoms. The Labute approximate surface area is 87.8 Å². The molecule has 2 N–H and O–H groups in total. The van der Waals surface area contributed by atoms with E-state index in [1.165, 1.54) is 0 Å². The van der Waals surface area contributed by atoms with Crippen LogP contribution in [0.25, 0.3) is 0 Å². The summed E-state index contributed by atoms with van der Waals surface area (Å²) < 4.78 is 66.5. The average molecular weight is 241 g/mol. The molecule has 7 heteroatoms. The molecule has 0 aliphatic carbocycles. The van der Waals surface area contributed by atoms with Crippen molar-refractivity contribution in [3.8, 4) is 5.75 Å². The zero-order valence-electron chi connectivity index (χ0n) is 7.89.